The number of alkyl halides is 1. The number of methoxy groups -OCH3 is 1. The quantitative estimate of drug-likeness (QED) is 0.00726. The van der Waals surface area contributed by atoms with Gasteiger partial charge < -0.3 is 86.7 Å². The molecule has 0 saturated carbocycles. The predicted molar refractivity (Wildman–Crippen MR) is 574 cm³/mol. The summed E-state index contributed by atoms with van der Waals surface area (Å²) in [4.78, 5) is 128. The standard InChI is InChI=1S/C19H19NO4S.C17H13NO6S.C17H15NO4S.2C15H14ClNO3.C8H7Cl2NO2.C7H7O.C6H11BrO2.C3H6O2S.Na/c1-3-22-16-14-10-11-15(24-12-13-8-6-5-7-9-13)20-18(14)25-17(16)19(21)23-4-2;19-13(20)9-24-14-11-6-7-12(18-16(11)25-15(14)17(21)22)23-8-10-4-2-1-3-5-10;1-2-21-17(20)15-14(19)12-8-9-13(18-16(12)23-15)22-10-11-6-4-3-5-7-11;1-2-19-15(18)12-8-9-13(17-14(12)16)20-10-11-6-4-3-5-7-11;1-2-19-15(18)12-8-9-13(16)17-14(12)20-10-11-6-4-3-5-7-11;1-2-13-8(12)5-3-4-6(9)11-7(5)10;8-6-7-4-2-1-3-5-7;1-6(2,3)9-5(8)4-7;1-5-3(4)2-6;/h5-11H,3-4,12H2,1-2H3;1-7H,8-9H2,(H,19,20)(H,21,22);3-9,19H,2,10H2,1H3;2*3-9H,2,10H2,1H3;3-4H,2H2,1H3;1-5H,6H2;4H2,1-3H3;6H,2H2,1H3;/q;;;;;;-1;;;+1. The van der Waals surface area contributed by atoms with Crippen LogP contribution in [0.25, 0.3) is 30.6 Å². The van der Waals surface area contributed by atoms with Gasteiger partial charge in [-0.25, -0.2) is 63.5 Å². The molecular formula is C107H106BrCl4N6NaO27S4. The Kier molecular flexibility index (Phi) is 57.2. The molecule has 150 heavy (non-hydrogen) atoms. The number of halogens is 5. The minimum absolute atomic E-state index is 0. The number of rotatable bonds is 34. The molecule has 0 aliphatic heterocycles. The van der Waals surface area contributed by atoms with Gasteiger partial charge in [0.15, 0.2) is 38.5 Å². The molecule has 0 unspecified atom stereocenters. The van der Waals surface area contributed by atoms with E-state index < -0.39 is 42.4 Å². The van der Waals surface area contributed by atoms with E-state index in [1.807, 2.05) is 216 Å². The number of thiol groups is 1. The average molecular weight is 2280 g/mol. The summed E-state index contributed by atoms with van der Waals surface area (Å²) in [6.07, 6.45) is 0. The Morgan fingerprint density at radius 2 is 0.700 bits per heavy atom. The van der Waals surface area contributed by atoms with Crippen molar-refractivity contribution in [1.29, 1.82) is 0 Å². The zero-order chi connectivity index (χ0) is 109. The molecule has 3 N–H and O–H groups in total. The van der Waals surface area contributed by atoms with Gasteiger partial charge in [0.25, 0.3) is 0 Å². The number of thiophene rings is 3. The van der Waals surface area contributed by atoms with E-state index in [9.17, 15) is 58.5 Å². The van der Waals surface area contributed by atoms with Crippen LogP contribution < -0.4 is 67.8 Å². The van der Waals surface area contributed by atoms with Crippen molar-refractivity contribution in [2.45, 2.75) is 108 Å². The van der Waals surface area contributed by atoms with Crippen molar-refractivity contribution in [1.82, 2.24) is 29.9 Å². The Balaban J connectivity index is 0.000000265. The van der Waals surface area contributed by atoms with Crippen molar-refractivity contribution in [3.05, 3.63) is 340 Å². The van der Waals surface area contributed by atoms with E-state index in [-0.39, 0.29) is 142 Å². The van der Waals surface area contributed by atoms with Gasteiger partial charge in [-0.1, -0.05) is 250 Å². The molecule has 6 aromatic carbocycles. The first-order valence-electron chi connectivity index (χ1n) is 45.3. The monoisotopic (exact) mass is 2280 g/mol. The third-order valence-corrected chi connectivity index (χ3v) is 23.1. The molecule has 0 saturated heterocycles. The number of aromatic hydroxyl groups is 1. The van der Waals surface area contributed by atoms with Crippen LogP contribution >= 0.6 is 109 Å². The zero-order valence-corrected chi connectivity index (χ0v) is 93.2. The minimum Gasteiger partial charge on any atom is -0.851 e. The maximum atomic E-state index is 12.2. The summed E-state index contributed by atoms with van der Waals surface area (Å²) in [5, 5.41) is 40.9. The fourth-order valence-corrected chi connectivity index (χ4v) is 15.6. The van der Waals surface area contributed by atoms with E-state index in [0.717, 1.165) is 61.4 Å². The van der Waals surface area contributed by atoms with Crippen molar-refractivity contribution >= 4 is 193 Å². The van der Waals surface area contributed by atoms with E-state index in [0.29, 0.717) is 125 Å². The second kappa shape index (κ2) is 68.4. The van der Waals surface area contributed by atoms with Crippen molar-refractivity contribution in [3.8, 4) is 46.6 Å². The first-order chi connectivity index (χ1) is 71.7. The third-order valence-electron chi connectivity index (χ3n) is 18.2. The van der Waals surface area contributed by atoms with Crippen LogP contribution in [0.3, 0.4) is 0 Å². The summed E-state index contributed by atoms with van der Waals surface area (Å²) in [5.41, 5.74) is 6.32. The smallest absolute Gasteiger partial charge is 0.851 e. The molecule has 33 nitrogen and oxygen atoms in total. The van der Waals surface area contributed by atoms with Crippen molar-refractivity contribution in [2.24, 2.45) is 0 Å². The van der Waals surface area contributed by atoms with E-state index in [1.165, 1.54) is 36.6 Å². The van der Waals surface area contributed by atoms with Crippen LogP contribution in [0.4, 0.5) is 0 Å². The van der Waals surface area contributed by atoms with Crippen LogP contribution in [0.5, 0.6) is 46.6 Å². The predicted octanol–water partition coefficient (Wildman–Crippen LogP) is 20.2. The Labute approximate surface area is 933 Å². The van der Waals surface area contributed by atoms with Gasteiger partial charge in [0.05, 0.1) is 79.8 Å². The molecule has 0 bridgehead atoms. The van der Waals surface area contributed by atoms with Crippen LogP contribution in [-0.2, 0) is 87.2 Å². The van der Waals surface area contributed by atoms with Gasteiger partial charge in [0.2, 0.25) is 29.4 Å². The molecule has 43 heteroatoms. The molecular weight excluding hydrogens is 2170 g/mol. The summed E-state index contributed by atoms with van der Waals surface area (Å²) in [6, 6.07) is 77.2. The Bertz CT molecular complexity index is 6770. The summed E-state index contributed by atoms with van der Waals surface area (Å²) in [6.45, 7) is 19.1. The van der Waals surface area contributed by atoms with Crippen LogP contribution in [-0.4, -0.2) is 169 Å². The number of carbonyl (C=O) groups is 9. The molecule has 15 aromatic rings. The first-order valence-corrected chi connectivity index (χ1v) is 51.0. The number of aromatic carboxylic acids is 1. The maximum Gasteiger partial charge on any atom is 1.00 e. The number of carboxylic acids is 2. The van der Waals surface area contributed by atoms with Gasteiger partial charge in [-0.05, 0) is 139 Å². The SMILES string of the molecule is CC(C)(C)OC(=O)CBr.CCOC(=O)c1ccc(Cl)nc1Cl.CCOC(=O)c1ccc(Cl)nc1OCc1ccccc1.CCOC(=O)c1ccc(OCc2ccccc2)nc1Cl.CCOC(=O)c1sc2nc(OCc3ccccc3)ccc2c1O.CCOC(=O)c1sc2nc(OCc3ccccc3)ccc2c1OCC.COC(=O)CS.O=C(O)COc1c(C(=O)O)sc2nc(OCc3ccccc3)ccc12.[Na+].[O-]Cc1ccccc1. The fraction of sp³-hybridized carbons (Fsp3) is 0.243. The van der Waals surface area contributed by atoms with Gasteiger partial charge >= 0.3 is 83.3 Å². The number of carboxylic acid groups (broad SMARTS) is 2. The van der Waals surface area contributed by atoms with E-state index in [1.54, 1.807) is 83.1 Å². The largest absolute Gasteiger partial charge is 1.00 e. The zero-order valence-electron chi connectivity index (χ0n) is 83.2. The first kappa shape index (κ1) is 125. The number of fused-ring (bicyclic) bond motifs is 3. The Morgan fingerprint density at radius 3 is 1.04 bits per heavy atom. The van der Waals surface area contributed by atoms with Gasteiger partial charge in [-0.2, -0.15) is 12.6 Å². The molecule has 9 aromatic heterocycles. The molecule has 0 radical (unpaired) electrons. The number of nitrogens with zero attached hydrogens (tertiary/aromatic N) is 6. The summed E-state index contributed by atoms with van der Waals surface area (Å²) in [5.74, 6) is -2.82. The number of aromatic nitrogens is 6. The molecule has 0 aliphatic carbocycles. The van der Waals surface area contributed by atoms with Crippen molar-refractivity contribution in [2.75, 3.05) is 64.4 Å². The third kappa shape index (κ3) is 44.1. The van der Waals surface area contributed by atoms with Crippen molar-refractivity contribution in [3.63, 3.8) is 0 Å². The normalized spacial score (nSPS) is 10.2. The van der Waals surface area contributed by atoms with Gasteiger partial charge in [-0.3, -0.25) is 9.59 Å². The van der Waals surface area contributed by atoms with Gasteiger partial charge in [0, 0.05) is 24.3 Å². The number of esters is 7. The molecule has 0 amide bonds. The number of pyridine rings is 6. The van der Waals surface area contributed by atoms with Crippen LogP contribution in [0.15, 0.2) is 255 Å². The minimum atomic E-state index is -1.20. The van der Waals surface area contributed by atoms with Gasteiger partial charge in [-0.15, -0.1) is 40.6 Å². The van der Waals surface area contributed by atoms with Crippen molar-refractivity contribution < 1.29 is 159 Å². The Morgan fingerprint density at radius 1 is 0.373 bits per heavy atom. The Hall–Kier alpha value is -13.3. The number of aliphatic carboxylic acids is 1. The number of carbonyl (C=O) groups excluding carboxylic acids is 7. The van der Waals surface area contributed by atoms with Crippen LogP contribution in [0.2, 0.25) is 20.6 Å². The van der Waals surface area contributed by atoms with E-state index >= 15 is 0 Å². The van der Waals surface area contributed by atoms with E-state index in [2.05, 4.69) is 63.2 Å². The molecule has 786 valence electrons. The van der Waals surface area contributed by atoms with Crippen LogP contribution in [0.1, 0.15) is 156 Å². The molecule has 0 aliphatic rings. The number of hydrogen-bond acceptors (Lipinski definition) is 35. The summed E-state index contributed by atoms with van der Waals surface area (Å²) < 4.78 is 72.6. The van der Waals surface area contributed by atoms with Crippen LogP contribution in [0, 0.1) is 0 Å². The second-order valence-corrected chi connectivity index (χ2v) is 35.6. The maximum absolute atomic E-state index is 12.2. The molecule has 15 rings (SSSR count). The van der Waals surface area contributed by atoms with E-state index in [4.69, 9.17) is 113 Å². The average Bonchev–Trinajstić information content (AvgIpc) is 1.67. The number of ether oxygens (including phenoxy) is 14. The second-order valence-electron chi connectivity index (χ2n) is 30.2. The molecule has 0 spiro atoms. The number of benzene rings is 6. The molecule has 0 fully saturated rings. The number of hydrogen-bond donors (Lipinski definition) is 4. The van der Waals surface area contributed by atoms with Gasteiger partial charge in [0.1, 0.15) is 84.6 Å². The fourth-order valence-electron chi connectivity index (χ4n) is 11.6. The summed E-state index contributed by atoms with van der Waals surface area (Å²) >= 11 is 32.9. The summed E-state index contributed by atoms with van der Waals surface area (Å²) in [7, 11) is 1.33. The molecule has 9 heterocycles. The molecule has 0 atom stereocenters. The topological polar surface area (TPSA) is 444 Å².